The van der Waals surface area contributed by atoms with Gasteiger partial charge in [-0.15, -0.1) is 0 Å². The van der Waals surface area contributed by atoms with Gasteiger partial charge in [-0.3, -0.25) is 14.9 Å². The van der Waals surface area contributed by atoms with Crippen molar-refractivity contribution in [2.75, 3.05) is 12.4 Å². The first-order valence-corrected chi connectivity index (χ1v) is 7.98. The van der Waals surface area contributed by atoms with Gasteiger partial charge >= 0.3 is 0 Å². The zero-order valence-electron chi connectivity index (χ0n) is 14.9. The number of benzene rings is 2. The second kappa shape index (κ2) is 9.01. The Kier molecular flexibility index (Phi) is 6.49. The van der Waals surface area contributed by atoms with Gasteiger partial charge in [0.2, 0.25) is 0 Å². The molecular weight excluding hydrogens is 348 g/mol. The summed E-state index contributed by atoms with van der Waals surface area (Å²) in [4.78, 5) is 22.6. The molecule has 2 N–H and O–H groups in total. The number of nitrogens with zero attached hydrogens (tertiary/aromatic N) is 2. The van der Waals surface area contributed by atoms with Crippen molar-refractivity contribution in [2.45, 2.75) is 13.5 Å². The number of nitrogens with one attached hydrogen (secondary N) is 2. The van der Waals surface area contributed by atoms with E-state index in [4.69, 9.17) is 4.74 Å². The van der Waals surface area contributed by atoms with Crippen LogP contribution in [-0.2, 0) is 11.3 Å². The fourth-order valence-electron chi connectivity index (χ4n) is 2.31. The average molecular weight is 366 g/mol. The Bertz CT molecular complexity index is 932. The maximum atomic E-state index is 12.3. The molecule has 0 bridgehead atoms. The predicted octanol–water partition coefficient (Wildman–Crippen LogP) is 3.05. The summed E-state index contributed by atoms with van der Waals surface area (Å²) in [5.74, 6) is -0.523. The number of non-ortho nitro benzene ring substituents is 1. The van der Waals surface area contributed by atoms with Crippen LogP contribution in [-0.4, -0.2) is 17.9 Å². The van der Waals surface area contributed by atoms with Crippen LogP contribution in [0.5, 0.6) is 5.75 Å². The summed E-state index contributed by atoms with van der Waals surface area (Å²) in [5, 5.41) is 25.5. The van der Waals surface area contributed by atoms with Crippen LogP contribution >= 0.6 is 0 Å². The number of hydrogen-bond acceptors (Lipinski definition) is 6. The van der Waals surface area contributed by atoms with Crippen molar-refractivity contribution in [1.82, 2.24) is 5.32 Å². The summed E-state index contributed by atoms with van der Waals surface area (Å²) in [6, 6.07) is 13.4. The summed E-state index contributed by atoms with van der Waals surface area (Å²) < 4.78 is 5.07. The third-order valence-corrected chi connectivity index (χ3v) is 3.81. The molecule has 27 heavy (non-hydrogen) atoms. The molecule has 0 unspecified atom stereocenters. The number of rotatable bonds is 7. The highest BCUT2D eigenvalue weighted by molar-refractivity contribution is 6.07. The molecule has 2 aromatic carbocycles. The Morgan fingerprint density at radius 1 is 1.33 bits per heavy atom. The van der Waals surface area contributed by atoms with Crippen LogP contribution in [0.15, 0.2) is 54.2 Å². The first kappa shape index (κ1) is 19.5. The number of carbonyl (C=O) groups excluding carboxylic acids is 1. The van der Waals surface area contributed by atoms with E-state index in [1.165, 1.54) is 31.5 Å². The highest BCUT2D eigenvalue weighted by Gasteiger charge is 2.15. The number of nitro benzene ring substituents is 1. The van der Waals surface area contributed by atoms with E-state index in [0.717, 1.165) is 11.1 Å². The fraction of sp³-hybridized carbons (Fsp3) is 0.158. The van der Waals surface area contributed by atoms with Crippen LogP contribution in [0.3, 0.4) is 0 Å². The van der Waals surface area contributed by atoms with E-state index in [0.29, 0.717) is 6.54 Å². The molecule has 0 aliphatic rings. The molecule has 0 saturated carbocycles. The zero-order chi connectivity index (χ0) is 19.8. The third kappa shape index (κ3) is 5.06. The topological polar surface area (TPSA) is 117 Å². The molecule has 0 radical (unpaired) electrons. The van der Waals surface area contributed by atoms with Crippen molar-refractivity contribution in [3.05, 3.63) is 75.5 Å². The smallest absolute Gasteiger partial charge is 0.273 e. The quantitative estimate of drug-likeness (QED) is 0.337. The number of amides is 1. The van der Waals surface area contributed by atoms with Crippen molar-refractivity contribution >= 4 is 17.3 Å². The van der Waals surface area contributed by atoms with Gasteiger partial charge in [0.25, 0.3) is 11.6 Å². The molecular formula is C19H18N4O4. The molecule has 8 nitrogen and oxygen atoms in total. The monoisotopic (exact) mass is 366 g/mol. The second-order valence-electron chi connectivity index (χ2n) is 5.57. The fourth-order valence-corrected chi connectivity index (χ4v) is 2.31. The maximum absolute atomic E-state index is 12.3. The molecule has 0 spiro atoms. The third-order valence-electron chi connectivity index (χ3n) is 3.81. The van der Waals surface area contributed by atoms with Gasteiger partial charge in [0.05, 0.1) is 23.8 Å². The lowest BCUT2D eigenvalue weighted by molar-refractivity contribution is -0.384. The number of aryl methyl sites for hydroxylation is 1. The summed E-state index contributed by atoms with van der Waals surface area (Å²) in [7, 11) is 1.33. The molecule has 8 heteroatoms. The van der Waals surface area contributed by atoms with E-state index < -0.39 is 10.8 Å². The van der Waals surface area contributed by atoms with Gasteiger partial charge in [0, 0.05) is 18.8 Å². The lowest BCUT2D eigenvalue weighted by Crippen LogP contribution is -2.17. The van der Waals surface area contributed by atoms with Crippen molar-refractivity contribution < 1.29 is 14.5 Å². The van der Waals surface area contributed by atoms with Crippen molar-refractivity contribution in [3.8, 4) is 11.8 Å². The van der Waals surface area contributed by atoms with Crippen LogP contribution < -0.4 is 15.4 Å². The largest absolute Gasteiger partial charge is 0.494 e. The molecule has 0 aromatic heterocycles. The number of nitro groups is 1. The van der Waals surface area contributed by atoms with E-state index in [1.54, 1.807) is 0 Å². The average Bonchev–Trinajstić information content (AvgIpc) is 2.66. The lowest BCUT2D eigenvalue weighted by atomic mass is 10.1. The van der Waals surface area contributed by atoms with E-state index in [2.05, 4.69) is 10.6 Å². The Morgan fingerprint density at radius 3 is 2.70 bits per heavy atom. The highest BCUT2D eigenvalue weighted by atomic mass is 16.6. The summed E-state index contributed by atoms with van der Waals surface area (Å²) in [5.41, 5.74) is 2.07. The molecule has 0 fully saturated rings. The van der Waals surface area contributed by atoms with Gasteiger partial charge < -0.3 is 15.4 Å². The molecule has 0 aliphatic carbocycles. The molecule has 138 valence electrons. The minimum absolute atomic E-state index is 0.128. The van der Waals surface area contributed by atoms with Gasteiger partial charge in [0.15, 0.2) is 0 Å². The van der Waals surface area contributed by atoms with E-state index in [9.17, 15) is 20.2 Å². The van der Waals surface area contributed by atoms with E-state index >= 15 is 0 Å². The Labute approximate surface area is 156 Å². The normalized spacial score (nSPS) is 10.6. The molecule has 0 atom stereocenters. The number of ether oxygens (including phenoxy) is 1. The number of nitriles is 1. The van der Waals surface area contributed by atoms with Gasteiger partial charge in [-0.1, -0.05) is 24.3 Å². The number of carbonyl (C=O) groups is 1. The summed E-state index contributed by atoms with van der Waals surface area (Å²) >= 11 is 0. The molecule has 0 aliphatic heterocycles. The minimum atomic E-state index is -0.651. The molecule has 2 aromatic rings. The van der Waals surface area contributed by atoms with Crippen LogP contribution in [0, 0.1) is 28.4 Å². The maximum Gasteiger partial charge on any atom is 0.273 e. The zero-order valence-corrected chi connectivity index (χ0v) is 14.9. The van der Waals surface area contributed by atoms with Gasteiger partial charge in [-0.2, -0.15) is 5.26 Å². The Morgan fingerprint density at radius 2 is 2.07 bits per heavy atom. The van der Waals surface area contributed by atoms with Crippen molar-refractivity contribution in [2.24, 2.45) is 0 Å². The van der Waals surface area contributed by atoms with Crippen LogP contribution in [0.1, 0.15) is 11.1 Å². The van der Waals surface area contributed by atoms with Crippen molar-refractivity contribution in [1.29, 1.82) is 5.26 Å². The minimum Gasteiger partial charge on any atom is -0.494 e. The van der Waals surface area contributed by atoms with Crippen molar-refractivity contribution in [3.63, 3.8) is 0 Å². The van der Waals surface area contributed by atoms with E-state index in [-0.39, 0.29) is 22.7 Å². The molecule has 0 heterocycles. The van der Waals surface area contributed by atoms with Crippen LogP contribution in [0.4, 0.5) is 11.4 Å². The first-order valence-electron chi connectivity index (χ1n) is 7.98. The van der Waals surface area contributed by atoms with Crippen LogP contribution in [0.25, 0.3) is 0 Å². The number of methoxy groups -OCH3 is 1. The van der Waals surface area contributed by atoms with Gasteiger partial charge in [-0.25, -0.2) is 0 Å². The Hall–Kier alpha value is -3.86. The van der Waals surface area contributed by atoms with Gasteiger partial charge in [-0.05, 0) is 24.1 Å². The number of anilines is 1. The second-order valence-corrected chi connectivity index (χ2v) is 5.57. The summed E-state index contributed by atoms with van der Waals surface area (Å²) in [6.07, 6.45) is 1.33. The van der Waals surface area contributed by atoms with Gasteiger partial charge in [0.1, 0.15) is 17.4 Å². The standard InChI is InChI=1S/C19H18N4O4/c1-13-5-3-4-6-14(13)11-21-12-15(10-20)19(24)22-17-8-7-16(23(25)26)9-18(17)27-2/h3-9,12,21H,11H2,1-2H3,(H,22,24)/b15-12-. The first-order chi connectivity index (χ1) is 13.0. The predicted molar refractivity (Wildman–Crippen MR) is 100.0 cm³/mol. The van der Waals surface area contributed by atoms with E-state index in [1.807, 2.05) is 37.3 Å². The number of hydrogen-bond donors (Lipinski definition) is 2. The van der Waals surface area contributed by atoms with Crippen LogP contribution in [0.2, 0.25) is 0 Å². The highest BCUT2D eigenvalue weighted by Crippen LogP contribution is 2.29. The molecule has 2 rings (SSSR count). The molecule has 0 saturated heterocycles. The Balaban J connectivity index is 2.10. The SMILES string of the molecule is COc1cc([N+](=O)[O-])ccc1NC(=O)/C(C#N)=C\NCc1ccccc1C. The lowest BCUT2D eigenvalue weighted by Gasteiger charge is -2.10. The summed E-state index contributed by atoms with van der Waals surface area (Å²) in [6.45, 7) is 2.44. The molecule has 1 amide bonds.